The molecule has 0 atom stereocenters. The van der Waals surface area contributed by atoms with Gasteiger partial charge in [0.2, 0.25) is 0 Å². The first-order valence-corrected chi connectivity index (χ1v) is 17.5. The van der Waals surface area contributed by atoms with Gasteiger partial charge in [-0.1, -0.05) is 23.6 Å². The quantitative estimate of drug-likeness (QED) is 0.209. The van der Waals surface area contributed by atoms with Gasteiger partial charge in [-0.15, -0.1) is 5.10 Å². The zero-order chi connectivity index (χ0) is 37.2. The van der Waals surface area contributed by atoms with E-state index in [1.54, 1.807) is 40.7 Å². The molecule has 0 aliphatic carbocycles. The molecular weight excluding hydrogens is 697 g/mol. The van der Waals surface area contributed by atoms with E-state index in [1.807, 2.05) is 32.9 Å². The third-order valence-electron chi connectivity index (χ3n) is 8.98. The summed E-state index contributed by atoms with van der Waals surface area (Å²) in [6, 6.07) is 11.7. The van der Waals surface area contributed by atoms with Gasteiger partial charge in [-0.25, -0.2) is 14.3 Å². The van der Waals surface area contributed by atoms with E-state index in [-0.39, 0.29) is 34.6 Å². The molecule has 52 heavy (non-hydrogen) atoms. The van der Waals surface area contributed by atoms with Crippen molar-refractivity contribution in [2.75, 3.05) is 36.4 Å². The number of piperidine rings is 2. The van der Waals surface area contributed by atoms with Crippen LogP contribution in [-0.4, -0.2) is 75.5 Å². The number of nitrogens with zero attached hydrogens (tertiary/aromatic N) is 5. The minimum atomic E-state index is -4.61. The zero-order valence-electron chi connectivity index (χ0n) is 29.4. The molecule has 274 valence electrons. The number of anilines is 2. The van der Waals surface area contributed by atoms with Gasteiger partial charge < -0.3 is 24.6 Å². The average Bonchev–Trinajstić information content (AvgIpc) is 3.49. The summed E-state index contributed by atoms with van der Waals surface area (Å²) in [5.74, 6) is 6.43. The highest BCUT2D eigenvalue weighted by Gasteiger charge is 2.32. The fourth-order valence-electron chi connectivity index (χ4n) is 6.28. The molecule has 6 rings (SSSR count). The maximum absolute atomic E-state index is 13.3. The summed E-state index contributed by atoms with van der Waals surface area (Å²) in [6.07, 6.45) is 0.284. The predicted octanol–water partition coefficient (Wildman–Crippen LogP) is 7.75. The summed E-state index contributed by atoms with van der Waals surface area (Å²) < 4.78 is 53.5. The average molecular weight is 737 g/mol. The number of rotatable bonds is 5. The second-order valence-electron chi connectivity index (χ2n) is 14.0. The summed E-state index contributed by atoms with van der Waals surface area (Å²) in [6.45, 7) is 10.1. The molecule has 2 aliphatic heterocycles. The van der Waals surface area contributed by atoms with Crippen molar-refractivity contribution in [3.63, 3.8) is 0 Å². The molecular formula is C38H40ClF3N6O4. The van der Waals surface area contributed by atoms with Crippen LogP contribution < -0.4 is 10.2 Å². The number of imidazole rings is 1. The minimum Gasteiger partial charge on any atom is -0.444 e. The van der Waals surface area contributed by atoms with E-state index < -0.39 is 23.2 Å². The monoisotopic (exact) mass is 736 g/mol. The number of hydrogen-bond donors (Lipinski definition) is 1. The van der Waals surface area contributed by atoms with Crippen molar-refractivity contribution in [2.24, 2.45) is 0 Å². The Kier molecular flexibility index (Phi) is 10.7. The lowest BCUT2D eigenvalue weighted by molar-refractivity contribution is -0.137. The van der Waals surface area contributed by atoms with Crippen LogP contribution in [-0.2, 0) is 15.7 Å². The van der Waals surface area contributed by atoms with E-state index >= 15 is 0 Å². The van der Waals surface area contributed by atoms with E-state index in [4.69, 9.17) is 26.2 Å². The smallest absolute Gasteiger partial charge is 0.416 e. The molecule has 0 unspecified atom stereocenters. The number of amides is 2. The normalized spacial score (nSPS) is 16.1. The number of ether oxygens (including phenoxy) is 2. The fraction of sp³-hybridized carbons (Fsp3) is 0.421. The number of alkyl halides is 3. The molecule has 2 aliphatic rings. The van der Waals surface area contributed by atoms with Crippen molar-refractivity contribution in [2.45, 2.75) is 77.4 Å². The number of benzene rings is 2. The third-order valence-corrected chi connectivity index (χ3v) is 9.20. The highest BCUT2D eigenvalue weighted by molar-refractivity contribution is 6.31. The van der Waals surface area contributed by atoms with Gasteiger partial charge in [0.1, 0.15) is 17.1 Å². The largest absolute Gasteiger partial charge is 0.444 e. The van der Waals surface area contributed by atoms with Crippen molar-refractivity contribution >= 4 is 40.8 Å². The molecule has 2 saturated heterocycles. The number of likely N-dealkylation sites (tertiary alicyclic amines) is 1. The van der Waals surface area contributed by atoms with Gasteiger partial charge in [-0.3, -0.25) is 4.79 Å². The second kappa shape index (κ2) is 15.0. The van der Waals surface area contributed by atoms with Crippen LogP contribution in [0.25, 0.3) is 5.65 Å². The maximum Gasteiger partial charge on any atom is 0.416 e. The number of carbonyl (C=O) groups excluding carboxylic acids is 2. The molecule has 4 heterocycles. The Balaban J connectivity index is 1.07. The lowest BCUT2D eigenvalue weighted by atomic mass is 10.0. The van der Waals surface area contributed by atoms with Crippen molar-refractivity contribution in [3.05, 3.63) is 87.7 Å². The van der Waals surface area contributed by atoms with Crippen molar-refractivity contribution in [3.8, 4) is 11.8 Å². The van der Waals surface area contributed by atoms with Gasteiger partial charge in [0.05, 0.1) is 24.0 Å². The van der Waals surface area contributed by atoms with E-state index in [0.717, 1.165) is 56.7 Å². The summed E-state index contributed by atoms with van der Waals surface area (Å²) in [7, 11) is 0. The van der Waals surface area contributed by atoms with Crippen molar-refractivity contribution in [1.29, 1.82) is 0 Å². The first-order chi connectivity index (χ1) is 24.6. The van der Waals surface area contributed by atoms with E-state index in [1.165, 1.54) is 6.07 Å². The number of aromatic nitrogens is 3. The maximum atomic E-state index is 13.3. The predicted molar refractivity (Wildman–Crippen MR) is 192 cm³/mol. The van der Waals surface area contributed by atoms with Crippen LogP contribution >= 0.6 is 11.6 Å². The van der Waals surface area contributed by atoms with Crippen LogP contribution in [0.5, 0.6) is 0 Å². The standard InChI is InChI=1S/C38H40ClF3N6O4/c1-24-25(6-5-7-32(24)35(49)44-28-21-26(38(40,41)42)20-27(39)22-28)8-9-29-23-43-33-10-11-34(45-48(29)33)46-16-12-30(13-17-46)51-31-14-18-47(19-15-31)36(50)52-37(2,3)4/h5-7,10-11,20-23,30-31H,12-19H2,1-4H3,(H,44,49). The van der Waals surface area contributed by atoms with Crippen LogP contribution in [0.15, 0.2) is 54.7 Å². The zero-order valence-corrected chi connectivity index (χ0v) is 30.1. The molecule has 14 heteroatoms. The van der Waals surface area contributed by atoms with Gasteiger partial charge in [-0.05, 0) is 107 Å². The van der Waals surface area contributed by atoms with Crippen LogP contribution in [0.1, 0.15) is 79.2 Å². The van der Waals surface area contributed by atoms with Crippen LogP contribution in [0, 0.1) is 18.8 Å². The van der Waals surface area contributed by atoms with Crippen LogP contribution in [0.2, 0.25) is 5.02 Å². The van der Waals surface area contributed by atoms with Crippen LogP contribution in [0.3, 0.4) is 0 Å². The topological polar surface area (TPSA) is 101 Å². The molecule has 10 nitrogen and oxygen atoms in total. The highest BCUT2D eigenvalue weighted by atomic mass is 35.5. The Hall–Kier alpha value is -4.80. The first kappa shape index (κ1) is 37.0. The Morgan fingerprint density at radius 2 is 1.63 bits per heavy atom. The Morgan fingerprint density at radius 1 is 0.942 bits per heavy atom. The fourth-order valence-corrected chi connectivity index (χ4v) is 6.52. The highest BCUT2D eigenvalue weighted by Crippen LogP contribution is 2.33. The summed E-state index contributed by atoms with van der Waals surface area (Å²) in [4.78, 5) is 33.9. The summed E-state index contributed by atoms with van der Waals surface area (Å²) in [5, 5.41) is 7.22. The Labute approximate surface area is 305 Å². The first-order valence-electron chi connectivity index (χ1n) is 17.2. The van der Waals surface area contributed by atoms with Crippen molar-refractivity contribution in [1.82, 2.24) is 19.5 Å². The van der Waals surface area contributed by atoms with Crippen molar-refractivity contribution < 1.29 is 32.2 Å². The summed E-state index contributed by atoms with van der Waals surface area (Å²) >= 11 is 5.89. The molecule has 2 fully saturated rings. The van der Waals surface area contributed by atoms with E-state index in [2.05, 4.69) is 27.0 Å². The third kappa shape index (κ3) is 8.97. The number of hydrogen-bond acceptors (Lipinski definition) is 7. The van der Waals surface area contributed by atoms with Gasteiger partial charge in [0.15, 0.2) is 5.65 Å². The Bertz CT molecular complexity index is 2020. The molecule has 0 spiro atoms. The molecule has 2 amide bonds. The minimum absolute atomic E-state index is 0.0671. The van der Waals surface area contributed by atoms with E-state index in [0.29, 0.717) is 35.6 Å². The van der Waals surface area contributed by atoms with Gasteiger partial charge in [0.25, 0.3) is 5.91 Å². The van der Waals surface area contributed by atoms with E-state index in [9.17, 15) is 22.8 Å². The molecule has 0 saturated carbocycles. The SMILES string of the molecule is Cc1c(C#Cc2cnc3ccc(N4CCC(OC5CCN(C(=O)OC(C)(C)C)CC5)CC4)nn23)cccc1C(=O)Nc1cc(Cl)cc(C(F)(F)F)c1. The molecule has 4 aromatic rings. The van der Waals surface area contributed by atoms with Gasteiger partial charge >= 0.3 is 12.3 Å². The summed E-state index contributed by atoms with van der Waals surface area (Å²) in [5.41, 5.74) is 1.04. The molecule has 2 aromatic heterocycles. The molecule has 2 aromatic carbocycles. The number of fused-ring (bicyclic) bond motifs is 1. The lowest BCUT2D eigenvalue weighted by Crippen LogP contribution is -2.45. The number of nitrogens with one attached hydrogen (secondary N) is 1. The van der Waals surface area contributed by atoms with Gasteiger partial charge in [0, 0.05) is 48.0 Å². The molecule has 0 radical (unpaired) electrons. The number of carbonyl (C=O) groups is 2. The van der Waals surface area contributed by atoms with Gasteiger partial charge in [-0.2, -0.15) is 13.2 Å². The second-order valence-corrected chi connectivity index (χ2v) is 14.4. The van der Waals surface area contributed by atoms with Crippen LogP contribution in [0.4, 0.5) is 29.5 Å². The molecule has 1 N–H and O–H groups in total. The lowest BCUT2D eigenvalue weighted by Gasteiger charge is -2.37. The Morgan fingerprint density at radius 3 is 2.31 bits per heavy atom. The molecule has 0 bridgehead atoms. The number of halogens is 4.